The molecule has 1 unspecified atom stereocenters. The Bertz CT molecular complexity index is 290. The molecule has 0 bridgehead atoms. The quantitative estimate of drug-likeness (QED) is 0.854. The largest absolute Gasteiger partial charge is 0.481 e. The van der Waals surface area contributed by atoms with Crippen LogP contribution in [0.3, 0.4) is 0 Å². The summed E-state index contributed by atoms with van der Waals surface area (Å²) in [6.07, 6.45) is -0.0587. The minimum atomic E-state index is -0.896. The van der Waals surface area contributed by atoms with Gasteiger partial charge in [-0.25, -0.2) is 0 Å². The Morgan fingerprint density at radius 3 is 2.69 bits per heavy atom. The van der Waals surface area contributed by atoms with Gasteiger partial charge in [0.2, 0.25) is 0 Å². The van der Waals surface area contributed by atoms with Gasteiger partial charge in [-0.15, -0.1) is 23.7 Å². The summed E-state index contributed by atoms with van der Waals surface area (Å²) >= 11 is 6.97. The SMILES string of the molecule is Cl.NC(CC(=O)O)c1ccc(Cl)s1. The van der Waals surface area contributed by atoms with Crippen molar-refractivity contribution in [3.63, 3.8) is 0 Å². The minimum absolute atomic E-state index is 0. The van der Waals surface area contributed by atoms with Crippen molar-refractivity contribution in [2.75, 3.05) is 0 Å². The first kappa shape index (κ1) is 12.7. The molecule has 1 aromatic rings. The normalized spacial score (nSPS) is 11.8. The standard InChI is InChI=1S/C7H8ClNO2S.ClH/c8-6-2-1-5(12-6)4(9)3-7(10)11;/h1-2,4H,3,9H2,(H,10,11);1H. The molecule has 0 aromatic carbocycles. The third kappa shape index (κ3) is 3.95. The molecule has 6 heteroatoms. The Morgan fingerprint density at radius 1 is 1.69 bits per heavy atom. The lowest BCUT2D eigenvalue weighted by molar-refractivity contribution is -0.137. The maximum absolute atomic E-state index is 10.3. The van der Waals surface area contributed by atoms with Gasteiger partial charge in [-0.2, -0.15) is 0 Å². The van der Waals surface area contributed by atoms with Gasteiger partial charge < -0.3 is 10.8 Å². The molecule has 3 N–H and O–H groups in total. The van der Waals surface area contributed by atoms with Crippen molar-refractivity contribution < 1.29 is 9.90 Å². The number of halogens is 2. The summed E-state index contributed by atoms with van der Waals surface area (Å²) in [6, 6.07) is 3.02. The fraction of sp³-hybridized carbons (Fsp3) is 0.286. The third-order valence-corrected chi connectivity index (χ3v) is 2.72. The number of carboxylic acid groups (broad SMARTS) is 1. The molecule has 0 saturated carbocycles. The summed E-state index contributed by atoms with van der Waals surface area (Å²) in [6.45, 7) is 0. The zero-order valence-electron chi connectivity index (χ0n) is 6.57. The number of nitrogens with two attached hydrogens (primary N) is 1. The maximum Gasteiger partial charge on any atom is 0.305 e. The van der Waals surface area contributed by atoms with Gasteiger partial charge in [0.1, 0.15) is 0 Å². The molecule has 1 aromatic heterocycles. The van der Waals surface area contributed by atoms with Crippen LogP contribution in [0.2, 0.25) is 4.34 Å². The van der Waals surface area contributed by atoms with Crippen molar-refractivity contribution in [2.24, 2.45) is 5.73 Å². The molecule has 1 heterocycles. The van der Waals surface area contributed by atoms with Crippen molar-refractivity contribution in [3.8, 4) is 0 Å². The highest BCUT2D eigenvalue weighted by Crippen LogP contribution is 2.26. The number of hydrogen-bond acceptors (Lipinski definition) is 3. The predicted molar refractivity (Wildman–Crippen MR) is 55.8 cm³/mol. The lowest BCUT2D eigenvalue weighted by Crippen LogP contribution is -2.13. The fourth-order valence-electron chi connectivity index (χ4n) is 0.816. The molecule has 0 saturated heterocycles. The molecule has 13 heavy (non-hydrogen) atoms. The Kier molecular flexibility index (Phi) is 5.32. The molecule has 74 valence electrons. The number of thiophene rings is 1. The summed E-state index contributed by atoms with van der Waals surface area (Å²) in [7, 11) is 0. The summed E-state index contributed by atoms with van der Waals surface area (Å²) < 4.78 is 0.630. The summed E-state index contributed by atoms with van der Waals surface area (Å²) in [4.78, 5) is 11.1. The highest BCUT2D eigenvalue weighted by molar-refractivity contribution is 7.16. The van der Waals surface area contributed by atoms with E-state index in [4.69, 9.17) is 22.4 Å². The second-order valence-corrected chi connectivity index (χ2v) is 4.09. The van der Waals surface area contributed by atoms with E-state index in [2.05, 4.69) is 0 Å². The monoisotopic (exact) mass is 241 g/mol. The molecule has 0 aliphatic rings. The number of carboxylic acids is 1. The maximum atomic E-state index is 10.3. The Hall–Kier alpha value is -0.290. The lowest BCUT2D eigenvalue weighted by atomic mass is 10.2. The van der Waals surface area contributed by atoms with E-state index in [-0.39, 0.29) is 18.8 Å². The number of aliphatic carboxylic acids is 1. The molecule has 0 radical (unpaired) electrons. The van der Waals surface area contributed by atoms with Crippen LogP contribution in [0.4, 0.5) is 0 Å². The Morgan fingerprint density at radius 2 is 2.31 bits per heavy atom. The van der Waals surface area contributed by atoms with Crippen LogP contribution < -0.4 is 5.73 Å². The van der Waals surface area contributed by atoms with Crippen molar-refractivity contribution >= 4 is 41.3 Å². The first-order valence-electron chi connectivity index (χ1n) is 3.32. The topological polar surface area (TPSA) is 63.3 Å². The van der Waals surface area contributed by atoms with E-state index in [0.717, 1.165) is 4.88 Å². The van der Waals surface area contributed by atoms with Crippen molar-refractivity contribution in [1.82, 2.24) is 0 Å². The first-order chi connectivity index (χ1) is 5.59. The smallest absolute Gasteiger partial charge is 0.305 e. The van der Waals surface area contributed by atoms with Crippen LogP contribution in [0.25, 0.3) is 0 Å². The minimum Gasteiger partial charge on any atom is -0.481 e. The van der Waals surface area contributed by atoms with Crippen molar-refractivity contribution in [3.05, 3.63) is 21.3 Å². The predicted octanol–water partition coefficient (Wildman–Crippen LogP) is 2.30. The van der Waals surface area contributed by atoms with Crippen LogP contribution in [-0.2, 0) is 4.79 Å². The van der Waals surface area contributed by atoms with Gasteiger partial charge >= 0.3 is 5.97 Å². The average Bonchev–Trinajstić information content (AvgIpc) is 2.34. The summed E-state index contributed by atoms with van der Waals surface area (Å²) in [5.74, 6) is -0.896. The van der Waals surface area contributed by atoms with Crippen LogP contribution in [0.15, 0.2) is 12.1 Å². The van der Waals surface area contributed by atoms with Crippen LogP contribution >= 0.6 is 35.3 Å². The van der Waals surface area contributed by atoms with Gasteiger partial charge in [0, 0.05) is 10.9 Å². The zero-order chi connectivity index (χ0) is 9.14. The fourth-order valence-corrected chi connectivity index (χ4v) is 1.88. The zero-order valence-corrected chi connectivity index (χ0v) is 8.96. The van der Waals surface area contributed by atoms with E-state index in [1.54, 1.807) is 12.1 Å². The number of rotatable bonds is 3. The van der Waals surface area contributed by atoms with Crippen molar-refractivity contribution in [1.29, 1.82) is 0 Å². The summed E-state index contributed by atoms with van der Waals surface area (Å²) in [5, 5.41) is 8.44. The highest BCUT2D eigenvalue weighted by atomic mass is 35.5. The second-order valence-electron chi connectivity index (χ2n) is 2.35. The van der Waals surface area contributed by atoms with Gasteiger partial charge in [-0.1, -0.05) is 11.6 Å². The van der Waals surface area contributed by atoms with Gasteiger partial charge in [0.15, 0.2) is 0 Å². The molecule has 3 nitrogen and oxygen atoms in total. The van der Waals surface area contributed by atoms with Gasteiger partial charge in [0.25, 0.3) is 0 Å². The van der Waals surface area contributed by atoms with Crippen LogP contribution in [0, 0.1) is 0 Å². The number of carbonyl (C=O) groups is 1. The molecule has 1 rings (SSSR count). The molecule has 0 spiro atoms. The average molecular weight is 242 g/mol. The first-order valence-corrected chi connectivity index (χ1v) is 4.51. The van der Waals surface area contributed by atoms with E-state index in [9.17, 15) is 4.79 Å². The highest BCUT2D eigenvalue weighted by Gasteiger charge is 2.12. The Balaban J connectivity index is 0.00000144. The van der Waals surface area contributed by atoms with E-state index < -0.39 is 12.0 Å². The van der Waals surface area contributed by atoms with Gasteiger partial charge in [-0.05, 0) is 12.1 Å². The van der Waals surface area contributed by atoms with E-state index in [1.165, 1.54) is 11.3 Å². The molecule has 0 amide bonds. The third-order valence-electron chi connectivity index (χ3n) is 1.35. The number of hydrogen-bond donors (Lipinski definition) is 2. The van der Waals surface area contributed by atoms with E-state index in [0.29, 0.717) is 4.34 Å². The van der Waals surface area contributed by atoms with Gasteiger partial charge in [-0.3, -0.25) is 4.79 Å². The van der Waals surface area contributed by atoms with Gasteiger partial charge in [0.05, 0.1) is 10.8 Å². The van der Waals surface area contributed by atoms with E-state index >= 15 is 0 Å². The van der Waals surface area contributed by atoms with Crippen LogP contribution in [0.5, 0.6) is 0 Å². The molecule has 1 atom stereocenters. The molecular formula is C7H9Cl2NO2S. The van der Waals surface area contributed by atoms with Crippen LogP contribution in [0.1, 0.15) is 17.3 Å². The molecule has 0 aliphatic carbocycles. The van der Waals surface area contributed by atoms with Crippen LogP contribution in [-0.4, -0.2) is 11.1 Å². The Labute approximate surface area is 90.9 Å². The lowest BCUT2D eigenvalue weighted by Gasteiger charge is -2.04. The molecular weight excluding hydrogens is 233 g/mol. The molecule has 0 aliphatic heterocycles. The second kappa shape index (κ2) is 5.44. The summed E-state index contributed by atoms with van der Waals surface area (Å²) in [5.41, 5.74) is 5.58. The van der Waals surface area contributed by atoms with Crippen molar-refractivity contribution in [2.45, 2.75) is 12.5 Å². The van der Waals surface area contributed by atoms with E-state index in [1.807, 2.05) is 0 Å². The molecule has 0 fully saturated rings.